The summed E-state index contributed by atoms with van der Waals surface area (Å²) in [5.41, 5.74) is 1.59. The Hall–Kier alpha value is -2.81. The van der Waals surface area contributed by atoms with E-state index in [0.717, 1.165) is 16.2 Å². The van der Waals surface area contributed by atoms with Gasteiger partial charge in [0.1, 0.15) is 12.3 Å². The molecule has 0 spiro atoms. The lowest BCUT2D eigenvalue weighted by atomic mass is 10.2. The molecule has 0 bridgehead atoms. The first kappa shape index (κ1) is 21.9. The summed E-state index contributed by atoms with van der Waals surface area (Å²) in [5.74, 6) is 0.224. The highest BCUT2D eigenvalue weighted by Crippen LogP contribution is 2.41. The third-order valence-corrected chi connectivity index (χ3v) is 5.62. The van der Waals surface area contributed by atoms with Gasteiger partial charge in [0.05, 0.1) is 24.2 Å². The number of carbonyl (C=O) groups is 2. The molecule has 30 heavy (non-hydrogen) atoms. The highest BCUT2D eigenvalue weighted by molar-refractivity contribution is 8.04. The number of rotatable bonds is 8. The van der Waals surface area contributed by atoms with Crippen LogP contribution in [0.1, 0.15) is 5.56 Å². The molecule has 0 aromatic heterocycles. The van der Waals surface area contributed by atoms with Crippen LogP contribution in [-0.2, 0) is 19.1 Å². The Kier molecular flexibility index (Phi) is 7.51. The van der Waals surface area contributed by atoms with Gasteiger partial charge in [0.25, 0.3) is 5.91 Å². The summed E-state index contributed by atoms with van der Waals surface area (Å²) in [6.45, 7) is 0.0926. The first-order valence-corrected chi connectivity index (χ1v) is 10.1. The van der Waals surface area contributed by atoms with E-state index in [-0.39, 0.29) is 24.9 Å². The zero-order valence-electron chi connectivity index (χ0n) is 17.1. The average Bonchev–Trinajstić information content (AvgIpc) is 2.77. The Balaban J connectivity index is 1.81. The van der Waals surface area contributed by atoms with E-state index in [1.807, 2.05) is 54.6 Å². The molecule has 1 aliphatic rings. The van der Waals surface area contributed by atoms with E-state index in [9.17, 15) is 9.59 Å². The van der Waals surface area contributed by atoms with Gasteiger partial charge in [-0.25, -0.2) is 0 Å². The smallest absolute Gasteiger partial charge is 0.265 e. The molecule has 0 saturated heterocycles. The van der Waals surface area contributed by atoms with Crippen LogP contribution in [-0.4, -0.2) is 52.5 Å². The monoisotopic (exact) mass is 428 g/mol. The number of nitrogens with zero attached hydrogens (tertiary/aromatic N) is 1. The van der Waals surface area contributed by atoms with Crippen molar-refractivity contribution in [3.8, 4) is 5.75 Å². The van der Waals surface area contributed by atoms with Crippen molar-refractivity contribution in [2.75, 3.05) is 39.3 Å². The van der Waals surface area contributed by atoms with E-state index in [0.29, 0.717) is 10.6 Å². The number of ether oxygens (including phenoxy) is 3. The lowest BCUT2D eigenvalue weighted by Crippen LogP contribution is -2.44. The molecule has 7 nitrogen and oxygen atoms in total. The molecule has 0 unspecified atom stereocenters. The topological polar surface area (TPSA) is 77.1 Å². The van der Waals surface area contributed by atoms with Crippen molar-refractivity contribution in [1.82, 2.24) is 5.32 Å². The number of amides is 2. The van der Waals surface area contributed by atoms with Gasteiger partial charge in [0, 0.05) is 19.1 Å². The number of methoxy groups -OCH3 is 3. The Morgan fingerprint density at radius 2 is 1.80 bits per heavy atom. The van der Waals surface area contributed by atoms with Crippen LogP contribution >= 0.6 is 11.8 Å². The maximum Gasteiger partial charge on any atom is 0.265 e. The second kappa shape index (κ2) is 10.3. The Labute approximate surface area is 180 Å². The molecule has 0 fully saturated rings. The number of carbonyl (C=O) groups excluding carboxylic acids is 2. The molecule has 0 aliphatic carbocycles. The Morgan fingerprint density at radius 1 is 1.10 bits per heavy atom. The molecule has 0 atom stereocenters. The summed E-state index contributed by atoms with van der Waals surface area (Å²) < 4.78 is 15.3. The van der Waals surface area contributed by atoms with Crippen LogP contribution in [0.5, 0.6) is 5.75 Å². The number of para-hydroxylation sites is 1. The molecule has 2 aromatic rings. The summed E-state index contributed by atoms with van der Waals surface area (Å²) in [6, 6.07) is 15.0. The molecule has 2 aromatic carbocycles. The number of anilines is 1. The molecular formula is C22H24N2O5S. The van der Waals surface area contributed by atoms with E-state index in [4.69, 9.17) is 14.2 Å². The van der Waals surface area contributed by atoms with Crippen LogP contribution in [0.2, 0.25) is 0 Å². The maximum absolute atomic E-state index is 13.2. The first-order valence-electron chi connectivity index (χ1n) is 9.32. The summed E-state index contributed by atoms with van der Waals surface area (Å²) in [5, 5.41) is 2.74. The van der Waals surface area contributed by atoms with E-state index in [1.54, 1.807) is 7.11 Å². The molecule has 0 radical (unpaired) electrons. The van der Waals surface area contributed by atoms with Gasteiger partial charge < -0.3 is 19.5 Å². The molecule has 158 valence electrons. The van der Waals surface area contributed by atoms with Crippen LogP contribution in [0, 0.1) is 0 Å². The first-order chi connectivity index (χ1) is 14.5. The predicted octanol–water partition coefficient (Wildman–Crippen LogP) is 2.91. The van der Waals surface area contributed by atoms with Gasteiger partial charge in [-0.3, -0.25) is 14.5 Å². The molecule has 8 heteroatoms. The lowest BCUT2D eigenvalue weighted by molar-refractivity contribution is -0.127. The molecule has 1 N–H and O–H groups in total. The van der Waals surface area contributed by atoms with Crippen LogP contribution in [0.4, 0.5) is 5.69 Å². The zero-order chi connectivity index (χ0) is 21.5. The Morgan fingerprint density at radius 3 is 2.47 bits per heavy atom. The van der Waals surface area contributed by atoms with Crippen LogP contribution in [0.3, 0.4) is 0 Å². The van der Waals surface area contributed by atoms with Gasteiger partial charge in [0.15, 0.2) is 6.29 Å². The van der Waals surface area contributed by atoms with Crippen LogP contribution in [0.25, 0.3) is 6.08 Å². The fourth-order valence-corrected chi connectivity index (χ4v) is 3.99. The number of hydrogen-bond donors (Lipinski definition) is 1. The van der Waals surface area contributed by atoms with Gasteiger partial charge in [-0.15, -0.1) is 0 Å². The van der Waals surface area contributed by atoms with Gasteiger partial charge in [-0.1, -0.05) is 36.0 Å². The lowest BCUT2D eigenvalue weighted by Gasteiger charge is -2.30. The normalized spacial score (nSPS) is 14.7. The molecule has 1 heterocycles. The third-order valence-electron chi connectivity index (χ3n) is 4.54. The summed E-state index contributed by atoms with van der Waals surface area (Å²) in [6.07, 6.45) is 1.28. The molecular weight excluding hydrogens is 404 g/mol. The Bertz CT molecular complexity index is 925. The van der Waals surface area contributed by atoms with E-state index < -0.39 is 6.29 Å². The fraction of sp³-hybridized carbons (Fsp3) is 0.273. The van der Waals surface area contributed by atoms with Crippen LogP contribution in [0.15, 0.2) is 58.3 Å². The van der Waals surface area contributed by atoms with Crippen molar-refractivity contribution in [2.45, 2.75) is 11.2 Å². The number of fused-ring (bicyclic) bond motifs is 1. The SMILES string of the molecule is COc1ccc(/C=C2\Sc3ccccc3N(CC(=O)NCC(OC)OC)C2=O)cc1. The average molecular weight is 429 g/mol. The summed E-state index contributed by atoms with van der Waals surface area (Å²) >= 11 is 1.39. The van der Waals surface area contributed by atoms with Gasteiger partial charge in [-0.05, 0) is 35.9 Å². The largest absolute Gasteiger partial charge is 0.497 e. The number of benzene rings is 2. The highest BCUT2D eigenvalue weighted by Gasteiger charge is 2.30. The minimum Gasteiger partial charge on any atom is -0.497 e. The number of thioether (sulfide) groups is 1. The molecule has 1 aliphatic heterocycles. The minimum atomic E-state index is -0.542. The summed E-state index contributed by atoms with van der Waals surface area (Å²) in [4.78, 5) is 28.6. The van der Waals surface area contributed by atoms with Crippen molar-refractivity contribution in [1.29, 1.82) is 0 Å². The quantitative estimate of drug-likeness (QED) is 0.515. The third kappa shape index (κ3) is 5.21. The van der Waals surface area contributed by atoms with Crippen molar-refractivity contribution in [2.24, 2.45) is 0 Å². The van der Waals surface area contributed by atoms with E-state index >= 15 is 0 Å². The second-order valence-corrected chi connectivity index (χ2v) is 7.53. The van der Waals surface area contributed by atoms with Crippen molar-refractivity contribution in [3.05, 3.63) is 59.0 Å². The van der Waals surface area contributed by atoms with Crippen molar-refractivity contribution >= 4 is 35.3 Å². The van der Waals surface area contributed by atoms with Gasteiger partial charge in [0.2, 0.25) is 5.91 Å². The number of hydrogen-bond acceptors (Lipinski definition) is 6. The van der Waals surface area contributed by atoms with Gasteiger partial charge in [-0.2, -0.15) is 0 Å². The van der Waals surface area contributed by atoms with Crippen molar-refractivity contribution < 1.29 is 23.8 Å². The van der Waals surface area contributed by atoms with E-state index in [2.05, 4.69) is 5.32 Å². The summed E-state index contributed by atoms with van der Waals surface area (Å²) in [7, 11) is 4.60. The fourth-order valence-electron chi connectivity index (χ4n) is 2.93. The number of nitrogens with one attached hydrogen (secondary N) is 1. The standard InChI is InChI=1S/C22H24N2O5S/c1-27-16-10-8-15(9-11-16)12-19-22(26)24(17-6-4-5-7-18(17)30-19)14-20(25)23-13-21(28-2)29-3/h4-12,21H,13-14H2,1-3H3,(H,23,25)/b19-12-. The highest BCUT2D eigenvalue weighted by atomic mass is 32.2. The van der Waals surface area contributed by atoms with Gasteiger partial charge >= 0.3 is 0 Å². The molecule has 2 amide bonds. The predicted molar refractivity (Wildman–Crippen MR) is 116 cm³/mol. The van der Waals surface area contributed by atoms with E-state index in [1.165, 1.54) is 30.9 Å². The molecule has 3 rings (SSSR count). The van der Waals surface area contributed by atoms with Crippen molar-refractivity contribution in [3.63, 3.8) is 0 Å². The maximum atomic E-state index is 13.2. The van der Waals surface area contributed by atoms with Crippen LogP contribution < -0.4 is 15.0 Å². The second-order valence-electron chi connectivity index (χ2n) is 6.45. The zero-order valence-corrected chi connectivity index (χ0v) is 17.9. The minimum absolute atomic E-state index is 0.101. The molecule has 0 saturated carbocycles.